The molecular formula is C20H32N2OS. The molecule has 24 heavy (non-hydrogen) atoms. The first-order valence-corrected chi connectivity index (χ1v) is 10.1. The van der Waals surface area contributed by atoms with Gasteiger partial charge >= 0.3 is 0 Å². The van der Waals surface area contributed by atoms with Crippen molar-refractivity contribution in [2.24, 2.45) is 0 Å². The van der Waals surface area contributed by atoms with E-state index in [0.717, 1.165) is 24.5 Å². The van der Waals surface area contributed by atoms with Gasteiger partial charge in [0.2, 0.25) is 0 Å². The molecule has 3 nitrogen and oxygen atoms in total. The second-order valence-corrected chi connectivity index (χ2v) is 8.37. The molecule has 1 aliphatic heterocycles. The first-order chi connectivity index (χ1) is 11.5. The van der Waals surface area contributed by atoms with Crippen molar-refractivity contribution in [3.63, 3.8) is 0 Å². The van der Waals surface area contributed by atoms with Gasteiger partial charge in [-0.2, -0.15) is 0 Å². The largest absolute Gasteiger partial charge is 0.378 e. The molecule has 1 aromatic heterocycles. The van der Waals surface area contributed by atoms with Crippen molar-refractivity contribution in [1.29, 1.82) is 0 Å². The maximum atomic E-state index is 9.70. The predicted octanol–water partition coefficient (Wildman–Crippen LogP) is 3.57. The smallest absolute Gasteiger partial charge is 0.120 e. The lowest BCUT2D eigenvalue weighted by molar-refractivity contribution is 0.143. The Labute approximate surface area is 151 Å². The third-order valence-electron chi connectivity index (χ3n) is 4.41. The lowest BCUT2D eigenvalue weighted by atomic mass is 10.1. The van der Waals surface area contributed by atoms with E-state index in [1.54, 1.807) is 25.2 Å². The predicted molar refractivity (Wildman–Crippen MR) is 103 cm³/mol. The van der Waals surface area contributed by atoms with Gasteiger partial charge in [0.05, 0.1) is 4.88 Å². The van der Waals surface area contributed by atoms with E-state index in [9.17, 15) is 5.11 Å². The Morgan fingerprint density at radius 1 is 1.21 bits per heavy atom. The molecule has 0 unspecified atom stereocenters. The van der Waals surface area contributed by atoms with Crippen LogP contribution in [0, 0.1) is 11.8 Å². The van der Waals surface area contributed by atoms with Crippen LogP contribution in [-0.2, 0) is 6.54 Å². The van der Waals surface area contributed by atoms with E-state index in [1.165, 1.54) is 50.2 Å². The summed E-state index contributed by atoms with van der Waals surface area (Å²) in [5.74, 6) is 5.97. The van der Waals surface area contributed by atoms with Gasteiger partial charge in [0.15, 0.2) is 0 Å². The molecule has 1 aromatic rings. The van der Waals surface area contributed by atoms with Crippen LogP contribution in [0.2, 0.25) is 0 Å². The zero-order valence-corrected chi connectivity index (χ0v) is 16.3. The number of nitrogens with zero attached hydrogens (tertiary/aromatic N) is 2. The Morgan fingerprint density at radius 2 is 1.92 bits per heavy atom. The lowest BCUT2D eigenvalue weighted by Gasteiger charge is -2.25. The van der Waals surface area contributed by atoms with Gasteiger partial charge in [-0.1, -0.05) is 31.6 Å². The Morgan fingerprint density at radius 3 is 2.54 bits per heavy atom. The fourth-order valence-electron chi connectivity index (χ4n) is 2.96. The highest BCUT2D eigenvalue weighted by Crippen LogP contribution is 2.18. The Balaban J connectivity index is 1.83. The van der Waals surface area contributed by atoms with E-state index in [1.807, 2.05) is 0 Å². The highest BCUT2D eigenvalue weighted by Gasteiger charge is 2.12. The zero-order chi connectivity index (χ0) is 17.4. The molecule has 0 saturated carbocycles. The van der Waals surface area contributed by atoms with Crippen molar-refractivity contribution >= 4 is 11.3 Å². The highest BCUT2D eigenvalue weighted by molar-refractivity contribution is 7.12. The summed E-state index contributed by atoms with van der Waals surface area (Å²) in [5.41, 5.74) is -0.924. The van der Waals surface area contributed by atoms with Crippen molar-refractivity contribution < 1.29 is 5.11 Å². The standard InChI is InChI=1S/C20H32N2OS/c1-4-21(15-16-22-13-7-5-6-8-14-22)17-19-10-9-18(24-19)11-12-20(2,3)23/h9-10,23H,4-8,13-17H2,1-3H3. The van der Waals surface area contributed by atoms with Crippen molar-refractivity contribution in [3.8, 4) is 11.8 Å². The van der Waals surface area contributed by atoms with Crippen LogP contribution in [-0.4, -0.2) is 53.2 Å². The maximum Gasteiger partial charge on any atom is 0.120 e. The zero-order valence-electron chi connectivity index (χ0n) is 15.5. The molecular weight excluding hydrogens is 316 g/mol. The molecule has 0 atom stereocenters. The average molecular weight is 349 g/mol. The molecule has 4 heteroatoms. The molecule has 1 aliphatic rings. The number of likely N-dealkylation sites (N-methyl/N-ethyl adjacent to an activating group) is 1. The molecule has 1 fully saturated rings. The number of likely N-dealkylation sites (tertiary alicyclic amines) is 1. The monoisotopic (exact) mass is 348 g/mol. The van der Waals surface area contributed by atoms with E-state index >= 15 is 0 Å². The number of thiophene rings is 1. The van der Waals surface area contributed by atoms with Crippen molar-refractivity contribution in [3.05, 3.63) is 21.9 Å². The minimum absolute atomic E-state index is 0.924. The van der Waals surface area contributed by atoms with E-state index in [2.05, 4.69) is 40.7 Å². The SMILES string of the molecule is CCN(CCN1CCCCCC1)Cc1ccc(C#CC(C)(C)O)s1. The third-order valence-corrected chi connectivity index (χ3v) is 5.40. The number of rotatable bonds is 6. The molecule has 2 rings (SSSR count). The fraction of sp³-hybridized carbons (Fsp3) is 0.700. The molecule has 0 spiro atoms. The minimum atomic E-state index is -0.924. The summed E-state index contributed by atoms with van der Waals surface area (Å²) in [6.45, 7) is 12.6. The maximum absolute atomic E-state index is 9.70. The summed E-state index contributed by atoms with van der Waals surface area (Å²) in [6, 6.07) is 4.25. The summed E-state index contributed by atoms with van der Waals surface area (Å²) >= 11 is 1.74. The first-order valence-electron chi connectivity index (χ1n) is 9.25. The Bertz CT molecular complexity index is 542. The summed E-state index contributed by atoms with van der Waals surface area (Å²) in [6.07, 6.45) is 5.52. The number of hydrogen-bond acceptors (Lipinski definition) is 4. The highest BCUT2D eigenvalue weighted by atomic mass is 32.1. The number of hydrogen-bond donors (Lipinski definition) is 1. The number of aliphatic hydroxyl groups is 1. The van der Waals surface area contributed by atoms with Gasteiger partial charge in [-0.3, -0.25) is 4.90 Å². The molecule has 2 heterocycles. The van der Waals surface area contributed by atoms with Gasteiger partial charge in [0.25, 0.3) is 0 Å². The van der Waals surface area contributed by atoms with E-state index in [0.29, 0.717) is 0 Å². The van der Waals surface area contributed by atoms with Crippen molar-refractivity contribution in [2.45, 2.75) is 58.6 Å². The van der Waals surface area contributed by atoms with Crippen molar-refractivity contribution in [1.82, 2.24) is 9.80 Å². The van der Waals surface area contributed by atoms with Gasteiger partial charge in [0.1, 0.15) is 5.60 Å². The van der Waals surface area contributed by atoms with Crippen LogP contribution in [0.25, 0.3) is 0 Å². The fourth-order valence-corrected chi connectivity index (χ4v) is 3.86. The van der Waals surface area contributed by atoms with Crippen LogP contribution in [0.1, 0.15) is 56.2 Å². The normalized spacial score (nSPS) is 16.7. The van der Waals surface area contributed by atoms with Gasteiger partial charge in [-0.05, 0) is 58.5 Å². The summed E-state index contributed by atoms with van der Waals surface area (Å²) < 4.78 is 0. The minimum Gasteiger partial charge on any atom is -0.378 e. The summed E-state index contributed by atoms with van der Waals surface area (Å²) in [5, 5.41) is 9.70. The van der Waals surface area contributed by atoms with Crippen LogP contribution < -0.4 is 0 Å². The Hall–Kier alpha value is -0.860. The second-order valence-electron chi connectivity index (χ2n) is 7.20. The average Bonchev–Trinajstić information content (AvgIpc) is 2.81. The quantitative estimate of drug-likeness (QED) is 0.796. The topological polar surface area (TPSA) is 26.7 Å². The molecule has 0 aliphatic carbocycles. The van der Waals surface area contributed by atoms with Gasteiger partial charge in [-0.15, -0.1) is 11.3 Å². The van der Waals surface area contributed by atoms with Gasteiger partial charge in [-0.25, -0.2) is 0 Å². The van der Waals surface area contributed by atoms with Crippen LogP contribution >= 0.6 is 11.3 Å². The van der Waals surface area contributed by atoms with E-state index in [-0.39, 0.29) is 0 Å². The van der Waals surface area contributed by atoms with E-state index in [4.69, 9.17) is 0 Å². The van der Waals surface area contributed by atoms with Gasteiger partial charge in [0, 0.05) is 24.5 Å². The second kappa shape index (κ2) is 9.58. The lowest BCUT2D eigenvalue weighted by Crippen LogP contribution is -2.35. The van der Waals surface area contributed by atoms with Gasteiger partial charge < -0.3 is 10.0 Å². The van der Waals surface area contributed by atoms with Crippen LogP contribution in [0.5, 0.6) is 0 Å². The molecule has 0 amide bonds. The molecule has 0 bridgehead atoms. The Kier molecular flexibility index (Phi) is 7.77. The molecule has 0 radical (unpaired) electrons. The molecule has 1 N–H and O–H groups in total. The summed E-state index contributed by atoms with van der Waals surface area (Å²) in [7, 11) is 0. The van der Waals surface area contributed by atoms with E-state index < -0.39 is 5.60 Å². The first kappa shape index (κ1) is 19.5. The van der Waals surface area contributed by atoms with Crippen LogP contribution in [0.15, 0.2) is 12.1 Å². The molecule has 0 aromatic carbocycles. The van der Waals surface area contributed by atoms with Crippen molar-refractivity contribution in [2.75, 3.05) is 32.7 Å². The van der Waals surface area contributed by atoms with Crippen LogP contribution in [0.3, 0.4) is 0 Å². The third kappa shape index (κ3) is 7.36. The van der Waals surface area contributed by atoms with Crippen LogP contribution in [0.4, 0.5) is 0 Å². The molecule has 134 valence electrons. The molecule has 1 saturated heterocycles. The summed E-state index contributed by atoms with van der Waals surface area (Å²) in [4.78, 5) is 7.54.